The summed E-state index contributed by atoms with van der Waals surface area (Å²) in [6.45, 7) is 3.60. The summed E-state index contributed by atoms with van der Waals surface area (Å²) in [7, 11) is 0. The van der Waals surface area contributed by atoms with Gasteiger partial charge < -0.3 is 10.6 Å². The topological polar surface area (TPSA) is 64.2 Å². The van der Waals surface area contributed by atoms with Crippen molar-refractivity contribution in [1.82, 2.24) is 14.7 Å². The average molecular weight is 222 g/mol. The van der Waals surface area contributed by atoms with Crippen LogP contribution in [0.3, 0.4) is 0 Å². The van der Waals surface area contributed by atoms with Crippen LogP contribution in [0, 0.1) is 0 Å². The van der Waals surface area contributed by atoms with Crippen molar-refractivity contribution in [2.45, 2.75) is 38.9 Å². The number of likely N-dealkylation sites (N-methyl/N-ethyl adjacent to an activating group) is 1. The zero-order valence-electron chi connectivity index (χ0n) is 9.59. The van der Waals surface area contributed by atoms with Crippen LogP contribution in [-0.4, -0.2) is 33.2 Å². The minimum atomic E-state index is 0.150. The summed E-state index contributed by atoms with van der Waals surface area (Å²) in [5, 5.41) is 4.11. The van der Waals surface area contributed by atoms with E-state index in [4.69, 9.17) is 5.73 Å². The first kappa shape index (κ1) is 11.1. The first-order chi connectivity index (χ1) is 7.74. The number of nitrogens with zero attached hydrogens (tertiary/aromatic N) is 3. The molecule has 5 heteroatoms. The molecule has 0 radical (unpaired) electrons. The number of hydrogen-bond donors (Lipinski definition) is 1. The van der Waals surface area contributed by atoms with Crippen LogP contribution in [0.4, 0.5) is 0 Å². The van der Waals surface area contributed by atoms with Gasteiger partial charge in [-0.15, -0.1) is 0 Å². The molecule has 1 fully saturated rings. The van der Waals surface area contributed by atoms with Gasteiger partial charge in [0.15, 0.2) is 0 Å². The molecule has 0 saturated heterocycles. The van der Waals surface area contributed by atoms with Crippen LogP contribution in [0.15, 0.2) is 12.4 Å². The summed E-state index contributed by atoms with van der Waals surface area (Å²) < 4.78 is 1.66. The fraction of sp³-hybridized carbons (Fsp3) is 0.636. The second-order valence-corrected chi connectivity index (χ2v) is 4.16. The van der Waals surface area contributed by atoms with Gasteiger partial charge in [0.25, 0.3) is 0 Å². The van der Waals surface area contributed by atoms with E-state index < -0.39 is 0 Å². The molecule has 0 bridgehead atoms. The van der Waals surface area contributed by atoms with Crippen molar-refractivity contribution in [3.63, 3.8) is 0 Å². The summed E-state index contributed by atoms with van der Waals surface area (Å²) in [6, 6.07) is 0.474. The highest BCUT2D eigenvalue weighted by Crippen LogP contribution is 2.26. The van der Waals surface area contributed by atoms with E-state index in [0.717, 1.165) is 24.9 Å². The molecule has 2 N–H and O–H groups in total. The molecular formula is C11H18N4O. The van der Waals surface area contributed by atoms with Gasteiger partial charge >= 0.3 is 0 Å². The normalized spacial score (nSPS) is 15.1. The highest BCUT2D eigenvalue weighted by atomic mass is 16.2. The molecule has 0 atom stereocenters. The van der Waals surface area contributed by atoms with Crippen molar-refractivity contribution in [1.29, 1.82) is 0 Å². The minimum Gasteiger partial charge on any atom is -0.338 e. The van der Waals surface area contributed by atoms with Crippen LogP contribution < -0.4 is 5.73 Å². The molecule has 1 amide bonds. The molecule has 16 heavy (non-hydrogen) atoms. The van der Waals surface area contributed by atoms with Gasteiger partial charge in [-0.25, -0.2) is 0 Å². The SMILES string of the molecule is CCN(C(=O)Cn1cc(CN)cn1)C1CC1. The molecule has 0 aromatic carbocycles. The van der Waals surface area contributed by atoms with Gasteiger partial charge in [0, 0.05) is 30.9 Å². The lowest BCUT2D eigenvalue weighted by atomic mass is 10.4. The Morgan fingerprint density at radius 3 is 2.94 bits per heavy atom. The maximum absolute atomic E-state index is 12.0. The van der Waals surface area contributed by atoms with Crippen LogP contribution in [-0.2, 0) is 17.9 Å². The number of hydrogen-bond acceptors (Lipinski definition) is 3. The Hall–Kier alpha value is -1.36. The second-order valence-electron chi connectivity index (χ2n) is 4.16. The summed E-state index contributed by atoms with van der Waals surface area (Å²) in [6.07, 6.45) is 5.83. The van der Waals surface area contributed by atoms with E-state index >= 15 is 0 Å². The molecule has 1 heterocycles. The van der Waals surface area contributed by atoms with Crippen molar-refractivity contribution >= 4 is 5.91 Å². The van der Waals surface area contributed by atoms with Crippen molar-refractivity contribution < 1.29 is 4.79 Å². The third-order valence-electron chi connectivity index (χ3n) is 2.87. The largest absolute Gasteiger partial charge is 0.338 e. The third kappa shape index (κ3) is 2.41. The van der Waals surface area contributed by atoms with Gasteiger partial charge in [-0.2, -0.15) is 5.10 Å². The molecule has 1 aliphatic rings. The first-order valence-electron chi connectivity index (χ1n) is 5.75. The molecule has 2 rings (SSSR count). The Kier molecular flexibility index (Phi) is 3.24. The van der Waals surface area contributed by atoms with Gasteiger partial charge in [-0.3, -0.25) is 9.48 Å². The number of amides is 1. The van der Waals surface area contributed by atoms with E-state index in [1.807, 2.05) is 18.0 Å². The first-order valence-corrected chi connectivity index (χ1v) is 5.75. The molecular weight excluding hydrogens is 204 g/mol. The van der Waals surface area contributed by atoms with Crippen LogP contribution in [0.5, 0.6) is 0 Å². The van der Waals surface area contributed by atoms with Gasteiger partial charge in [0.1, 0.15) is 6.54 Å². The van der Waals surface area contributed by atoms with E-state index in [1.165, 1.54) is 0 Å². The van der Waals surface area contributed by atoms with Crippen LogP contribution in [0.25, 0.3) is 0 Å². The summed E-state index contributed by atoms with van der Waals surface area (Å²) in [5.74, 6) is 0.150. The van der Waals surface area contributed by atoms with Gasteiger partial charge in [0.05, 0.1) is 6.20 Å². The smallest absolute Gasteiger partial charge is 0.244 e. The number of rotatable bonds is 5. The van der Waals surface area contributed by atoms with E-state index in [1.54, 1.807) is 10.9 Å². The standard InChI is InChI=1S/C11H18N4O/c1-2-15(10-3-4-10)11(16)8-14-7-9(5-12)6-13-14/h6-7,10H,2-5,8,12H2,1H3. The molecule has 1 aromatic rings. The zero-order chi connectivity index (χ0) is 11.5. The average Bonchev–Trinajstić information content (AvgIpc) is 2.99. The lowest BCUT2D eigenvalue weighted by molar-refractivity contribution is -0.132. The van der Waals surface area contributed by atoms with Gasteiger partial charge in [-0.05, 0) is 19.8 Å². The molecule has 0 unspecified atom stereocenters. The third-order valence-corrected chi connectivity index (χ3v) is 2.87. The molecule has 5 nitrogen and oxygen atoms in total. The van der Waals surface area contributed by atoms with Crippen molar-refractivity contribution in [3.8, 4) is 0 Å². The van der Waals surface area contributed by atoms with Crippen molar-refractivity contribution in [2.24, 2.45) is 5.73 Å². The van der Waals surface area contributed by atoms with Crippen LogP contribution in [0.1, 0.15) is 25.3 Å². The Bertz CT molecular complexity index is 370. The minimum absolute atomic E-state index is 0.150. The van der Waals surface area contributed by atoms with E-state index in [2.05, 4.69) is 5.10 Å². The molecule has 0 spiro atoms. The summed E-state index contributed by atoms with van der Waals surface area (Å²) >= 11 is 0. The Balaban J connectivity index is 1.94. The Morgan fingerprint density at radius 1 is 1.69 bits per heavy atom. The maximum Gasteiger partial charge on any atom is 0.244 e. The predicted molar refractivity (Wildman–Crippen MR) is 60.5 cm³/mol. The number of carbonyl (C=O) groups excluding carboxylic acids is 1. The quantitative estimate of drug-likeness (QED) is 0.782. The summed E-state index contributed by atoms with van der Waals surface area (Å²) in [4.78, 5) is 13.9. The predicted octanol–water partition coefficient (Wildman–Crippen LogP) is 0.353. The number of aromatic nitrogens is 2. The lowest BCUT2D eigenvalue weighted by Crippen LogP contribution is -2.35. The number of carbonyl (C=O) groups is 1. The lowest BCUT2D eigenvalue weighted by Gasteiger charge is -2.20. The van der Waals surface area contributed by atoms with E-state index in [9.17, 15) is 4.79 Å². The fourth-order valence-electron chi connectivity index (χ4n) is 1.85. The second kappa shape index (κ2) is 4.65. The highest BCUT2D eigenvalue weighted by molar-refractivity contribution is 5.76. The van der Waals surface area contributed by atoms with Gasteiger partial charge in [0.2, 0.25) is 5.91 Å². The Morgan fingerprint density at radius 2 is 2.44 bits per heavy atom. The van der Waals surface area contributed by atoms with E-state index in [0.29, 0.717) is 19.1 Å². The van der Waals surface area contributed by atoms with Crippen LogP contribution >= 0.6 is 0 Å². The Labute approximate surface area is 95.2 Å². The maximum atomic E-state index is 12.0. The van der Waals surface area contributed by atoms with E-state index in [-0.39, 0.29) is 5.91 Å². The van der Waals surface area contributed by atoms with Crippen molar-refractivity contribution in [2.75, 3.05) is 6.54 Å². The monoisotopic (exact) mass is 222 g/mol. The van der Waals surface area contributed by atoms with Crippen molar-refractivity contribution in [3.05, 3.63) is 18.0 Å². The molecule has 1 aromatic heterocycles. The molecule has 0 aliphatic heterocycles. The number of nitrogens with two attached hydrogens (primary N) is 1. The fourth-order valence-corrected chi connectivity index (χ4v) is 1.85. The molecule has 1 aliphatic carbocycles. The van der Waals surface area contributed by atoms with Gasteiger partial charge in [-0.1, -0.05) is 0 Å². The highest BCUT2D eigenvalue weighted by Gasteiger charge is 2.31. The van der Waals surface area contributed by atoms with Crippen LogP contribution in [0.2, 0.25) is 0 Å². The summed E-state index contributed by atoms with van der Waals surface area (Å²) in [5.41, 5.74) is 6.45. The molecule has 1 saturated carbocycles. The zero-order valence-corrected chi connectivity index (χ0v) is 9.59. The molecule has 88 valence electrons.